The molecule has 0 aliphatic heterocycles. The molecule has 4 heteroatoms. The second kappa shape index (κ2) is 4.44. The van der Waals surface area contributed by atoms with Crippen molar-refractivity contribution in [2.75, 3.05) is 0 Å². The summed E-state index contributed by atoms with van der Waals surface area (Å²) in [6.45, 7) is 0. The summed E-state index contributed by atoms with van der Waals surface area (Å²) in [5, 5.41) is 1.18. The van der Waals surface area contributed by atoms with Gasteiger partial charge in [-0.2, -0.15) is 0 Å². The van der Waals surface area contributed by atoms with Gasteiger partial charge in [0.25, 0.3) is 0 Å². The predicted molar refractivity (Wildman–Crippen MR) is 57.6 cm³/mol. The predicted octanol–water partition coefficient (Wildman–Crippen LogP) is 3.28. The molecule has 2 rings (SSSR count). The summed E-state index contributed by atoms with van der Waals surface area (Å²) in [6.07, 6.45) is 3.22. The fourth-order valence-corrected chi connectivity index (χ4v) is 1.96. The van der Waals surface area contributed by atoms with Gasteiger partial charge in [-0.25, -0.2) is 9.97 Å². The first kappa shape index (κ1) is 9.49. The van der Waals surface area contributed by atoms with Crippen LogP contribution in [-0.4, -0.2) is 9.97 Å². The van der Waals surface area contributed by atoms with E-state index in [4.69, 9.17) is 11.6 Å². The zero-order valence-electron chi connectivity index (χ0n) is 7.22. The van der Waals surface area contributed by atoms with Gasteiger partial charge in [0.05, 0.1) is 0 Å². The van der Waals surface area contributed by atoms with Gasteiger partial charge in [0, 0.05) is 17.3 Å². The summed E-state index contributed by atoms with van der Waals surface area (Å²) in [6, 6.07) is 9.95. The molecule has 0 saturated heterocycles. The Morgan fingerprint density at radius 3 is 2.43 bits per heavy atom. The van der Waals surface area contributed by atoms with Gasteiger partial charge >= 0.3 is 0 Å². The van der Waals surface area contributed by atoms with Crippen molar-refractivity contribution < 1.29 is 0 Å². The van der Waals surface area contributed by atoms with E-state index in [2.05, 4.69) is 9.97 Å². The number of nitrogens with zero attached hydrogens (tertiary/aromatic N) is 2. The molecule has 0 spiro atoms. The fourth-order valence-electron chi connectivity index (χ4n) is 0.977. The van der Waals surface area contributed by atoms with Gasteiger partial charge in [-0.05, 0) is 12.1 Å². The van der Waals surface area contributed by atoms with Gasteiger partial charge < -0.3 is 0 Å². The second-order valence-corrected chi connectivity index (χ2v) is 3.99. The molecule has 0 atom stereocenters. The lowest BCUT2D eigenvalue weighted by molar-refractivity contribution is 1.06. The Morgan fingerprint density at radius 1 is 1.00 bits per heavy atom. The minimum absolute atomic E-state index is 0.446. The molecule has 0 amide bonds. The summed E-state index contributed by atoms with van der Waals surface area (Å²) in [7, 11) is 0. The van der Waals surface area contributed by atoms with Crippen LogP contribution in [0.5, 0.6) is 0 Å². The lowest BCUT2D eigenvalue weighted by Crippen LogP contribution is -1.83. The van der Waals surface area contributed by atoms with Crippen molar-refractivity contribution in [1.29, 1.82) is 0 Å². The van der Waals surface area contributed by atoms with Crippen LogP contribution in [-0.2, 0) is 0 Å². The average Bonchev–Trinajstić information content (AvgIpc) is 2.23. The summed E-state index contributed by atoms with van der Waals surface area (Å²) in [4.78, 5) is 9.21. The molecule has 70 valence electrons. The second-order valence-electron chi connectivity index (χ2n) is 2.57. The van der Waals surface area contributed by atoms with Gasteiger partial charge in [0.1, 0.15) is 5.03 Å². The first-order chi connectivity index (χ1) is 6.86. The largest absolute Gasteiger partial charge is 0.245 e. The van der Waals surface area contributed by atoms with E-state index >= 15 is 0 Å². The maximum atomic E-state index is 5.88. The Labute approximate surface area is 91.4 Å². The summed E-state index contributed by atoms with van der Waals surface area (Å²) in [5.74, 6) is 0. The number of halogens is 1. The molecule has 2 nitrogen and oxygen atoms in total. The van der Waals surface area contributed by atoms with Crippen molar-refractivity contribution in [3.63, 3.8) is 0 Å². The van der Waals surface area contributed by atoms with Crippen LogP contribution in [0.15, 0.2) is 52.6 Å². The zero-order valence-corrected chi connectivity index (χ0v) is 8.79. The summed E-state index contributed by atoms with van der Waals surface area (Å²) >= 11 is 7.39. The third-order valence-electron chi connectivity index (χ3n) is 1.58. The molecule has 0 fully saturated rings. The van der Waals surface area contributed by atoms with Crippen LogP contribution in [0, 0.1) is 0 Å². The topological polar surface area (TPSA) is 25.8 Å². The van der Waals surface area contributed by atoms with Crippen molar-refractivity contribution >= 4 is 23.4 Å². The zero-order chi connectivity index (χ0) is 9.80. The van der Waals surface area contributed by atoms with Crippen molar-refractivity contribution in [3.05, 3.63) is 47.9 Å². The number of hydrogen-bond acceptors (Lipinski definition) is 3. The molecular weight excluding hydrogens is 216 g/mol. The van der Waals surface area contributed by atoms with Crippen LogP contribution in [0.2, 0.25) is 5.15 Å². The molecule has 0 aliphatic carbocycles. The van der Waals surface area contributed by atoms with Gasteiger partial charge in [0.15, 0.2) is 5.15 Å². The van der Waals surface area contributed by atoms with E-state index in [1.165, 1.54) is 11.8 Å². The van der Waals surface area contributed by atoms with E-state index in [0.717, 1.165) is 9.92 Å². The molecule has 0 N–H and O–H groups in total. The first-order valence-corrected chi connectivity index (χ1v) is 5.25. The van der Waals surface area contributed by atoms with Crippen molar-refractivity contribution in [3.8, 4) is 0 Å². The monoisotopic (exact) mass is 222 g/mol. The lowest BCUT2D eigenvalue weighted by atomic mass is 10.4. The van der Waals surface area contributed by atoms with E-state index in [0.29, 0.717) is 5.15 Å². The number of benzene rings is 1. The van der Waals surface area contributed by atoms with Crippen molar-refractivity contribution in [1.82, 2.24) is 9.97 Å². The number of aromatic nitrogens is 2. The minimum Gasteiger partial charge on any atom is -0.245 e. The molecule has 0 bridgehead atoms. The van der Waals surface area contributed by atoms with Crippen molar-refractivity contribution in [2.45, 2.75) is 9.92 Å². The van der Waals surface area contributed by atoms with Gasteiger partial charge in [0.2, 0.25) is 0 Å². The summed E-state index contributed by atoms with van der Waals surface area (Å²) < 4.78 is 0. The molecule has 0 unspecified atom stereocenters. The summed E-state index contributed by atoms with van der Waals surface area (Å²) in [5.41, 5.74) is 0. The minimum atomic E-state index is 0.446. The van der Waals surface area contributed by atoms with Gasteiger partial charge in [-0.1, -0.05) is 41.6 Å². The average molecular weight is 223 g/mol. The highest BCUT2D eigenvalue weighted by molar-refractivity contribution is 7.99. The quantitative estimate of drug-likeness (QED) is 0.780. The van der Waals surface area contributed by atoms with E-state index in [9.17, 15) is 0 Å². The Morgan fingerprint density at radius 2 is 1.71 bits per heavy atom. The molecule has 14 heavy (non-hydrogen) atoms. The molecule has 1 heterocycles. The molecule has 1 aromatic carbocycles. The highest BCUT2D eigenvalue weighted by Gasteiger charge is 2.03. The number of hydrogen-bond donors (Lipinski definition) is 0. The lowest BCUT2D eigenvalue weighted by Gasteiger charge is -2.00. The van der Waals surface area contributed by atoms with Gasteiger partial charge in [-0.15, -0.1) is 0 Å². The highest BCUT2D eigenvalue weighted by atomic mass is 35.5. The molecule has 1 aromatic heterocycles. The van der Waals surface area contributed by atoms with Gasteiger partial charge in [-0.3, -0.25) is 0 Å². The highest BCUT2D eigenvalue weighted by Crippen LogP contribution is 2.29. The number of rotatable bonds is 2. The van der Waals surface area contributed by atoms with Crippen LogP contribution in [0.25, 0.3) is 0 Å². The SMILES string of the molecule is Clc1nccnc1Sc1ccccc1. The Bertz CT molecular complexity index is 419. The Hall–Kier alpha value is -1.06. The standard InChI is InChI=1S/C10H7ClN2S/c11-9-10(13-7-6-12-9)14-8-4-2-1-3-5-8/h1-7H. The van der Waals surface area contributed by atoms with Crippen LogP contribution >= 0.6 is 23.4 Å². The molecule has 0 aliphatic rings. The Kier molecular flexibility index (Phi) is 3.01. The third-order valence-corrected chi connectivity index (χ3v) is 2.97. The van der Waals surface area contributed by atoms with Crippen molar-refractivity contribution in [2.24, 2.45) is 0 Å². The molecular formula is C10H7ClN2S. The molecule has 2 aromatic rings. The normalized spacial score (nSPS) is 10.1. The third kappa shape index (κ3) is 2.25. The van der Waals surface area contributed by atoms with E-state index in [1.54, 1.807) is 12.4 Å². The Balaban J connectivity index is 2.24. The van der Waals surface area contributed by atoms with E-state index in [-0.39, 0.29) is 0 Å². The fraction of sp³-hybridized carbons (Fsp3) is 0. The maximum Gasteiger partial charge on any atom is 0.161 e. The molecule has 0 radical (unpaired) electrons. The van der Waals surface area contributed by atoms with Crippen LogP contribution in [0.1, 0.15) is 0 Å². The van der Waals surface area contributed by atoms with E-state index in [1.807, 2.05) is 30.3 Å². The van der Waals surface area contributed by atoms with Crippen LogP contribution in [0.4, 0.5) is 0 Å². The van der Waals surface area contributed by atoms with Crippen LogP contribution < -0.4 is 0 Å². The smallest absolute Gasteiger partial charge is 0.161 e. The molecule has 0 saturated carbocycles. The van der Waals surface area contributed by atoms with E-state index < -0.39 is 0 Å². The van der Waals surface area contributed by atoms with Crippen LogP contribution in [0.3, 0.4) is 0 Å². The maximum absolute atomic E-state index is 5.88. The first-order valence-electron chi connectivity index (χ1n) is 4.05.